The van der Waals surface area contributed by atoms with Crippen LogP contribution in [0.1, 0.15) is 30.7 Å². The van der Waals surface area contributed by atoms with Crippen LogP contribution in [0.15, 0.2) is 70.2 Å². The molecule has 1 N–H and O–H groups in total. The van der Waals surface area contributed by atoms with Gasteiger partial charge >= 0.3 is 0 Å². The standard InChI is InChI=1S/C27H26N2O5S2/c1-3-19-8-5-6-10-21(19)28-25(30)17-34-22-12-11-18(14-23(22)32-4-2)15-24-26(31)29(27(35)36-24)16-20-9-7-13-33-20/h5-15H,3-4,16-17H2,1-2H3,(H,28,30)/b24-15-. The van der Waals surface area contributed by atoms with Crippen LogP contribution >= 0.6 is 24.0 Å². The smallest absolute Gasteiger partial charge is 0.266 e. The second kappa shape index (κ2) is 11.9. The minimum absolute atomic E-state index is 0.164. The summed E-state index contributed by atoms with van der Waals surface area (Å²) < 4.78 is 17.3. The van der Waals surface area contributed by atoms with Crippen LogP contribution < -0.4 is 14.8 Å². The van der Waals surface area contributed by atoms with Crippen LogP contribution in [0.4, 0.5) is 5.69 Å². The van der Waals surface area contributed by atoms with Crippen molar-refractivity contribution in [2.24, 2.45) is 0 Å². The molecule has 4 rings (SSSR count). The molecule has 3 aromatic rings. The molecular formula is C27H26N2O5S2. The molecule has 1 aliphatic rings. The molecule has 0 bridgehead atoms. The van der Waals surface area contributed by atoms with Crippen molar-refractivity contribution in [2.75, 3.05) is 18.5 Å². The number of benzene rings is 2. The first kappa shape index (κ1) is 25.5. The molecule has 1 saturated heterocycles. The normalized spacial score (nSPS) is 14.4. The Morgan fingerprint density at radius 1 is 1.11 bits per heavy atom. The third kappa shape index (κ3) is 6.16. The van der Waals surface area contributed by atoms with E-state index in [1.165, 1.54) is 16.7 Å². The summed E-state index contributed by atoms with van der Waals surface area (Å²) >= 11 is 6.64. The Labute approximate surface area is 219 Å². The highest BCUT2D eigenvalue weighted by Crippen LogP contribution is 2.35. The van der Waals surface area contributed by atoms with Crippen molar-refractivity contribution in [1.82, 2.24) is 4.90 Å². The Bertz CT molecular complexity index is 1290. The molecule has 2 amide bonds. The Hall–Kier alpha value is -3.56. The highest BCUT2D eigenvalue weighted by Gasteiger charge is 2.32. The van der Waals surface area contributed by atoms with E-state index in [0.717, 1.165) is 23.2 Å². The maximum atomic E-state index is 12.9. The van der Waals surface area contributed by atoms with E-state index in [4.69, 9.17) is 26.1 Å². The van der Waals surface area contributed by atoms with Crippen LogP contribution in [-0.4, -0.2) is 34.2 Å². The molecule has 0 saturated carbocycles. The zero-order valence-corrected chi connectivity index (χ0v) is 21.6. The number of thioether (sulfide) groups is 1. The molecule has 7 nitrogen and oxygen atoms in total. The Balaban J connectivity index is 1.44. The van der Waals surface area contributed by atoms with Gasteiger partial charge in [-0.25, -0.2) is 0 Å². The molecule has 2 aromatic carbocycles. The van der Waals surface area contributed by atoms with E-state index >= 15 is 0 Å². The van der Waals surface area contributed by atoms with Gasteiger partial charge in [0.25, 0.3) is 11.8 Å². The van der Waals surface area contributed by atoms with Crippen LogP contribution in [0.5, 0.6) is 11.5 Å². The molecule has 2 heterocycles. The molecule has 186 valence electrons. The fourth-order valence-corrected chi connectivity index (χ4v) is 4.88. The zero-order valence-electron chi connectivity index (χ0n) is 20.0. The lowest BCUT2D eigenvalue weighted by molar-refractivity contribution is -0.122. The number of hydrogen-bond acceptors (Lipinski definition) is 7. The molecule has 1 aliphatic heterocycles. The predicted molar refractivity (Wildman–Crippen MR) is 145 cm³/mol. The lowest BCUT2D eigenvalue weighted by Crippen LogP contribution is -2.27. The molecule has 36 heavy (non-hydrogen) atoms. The average Bonchev–Trinajstić information content (AvgIpc) is 3.48. The van der Waals surface area contributed by atoms with Gasteiger partial charge in [0, 0.05) is 5.69 Å². The SMILES string of the molecule is CCOc1cc(/C=C2\SC(=S)N(Cc3ccco3)C2=O)ccc1OCC(=O)Nc1ccccc1CC. The van der Waals surface area contributed by atoms with Gasteiger partial charge in [-0.05, 0) is 60.9 Å². The van der Waals surface area contributed by atoms with Crippen LogP contribution in [0.25, 0.3) is 6.08 Å². The minimum Gasteiger partial charge on any atom is -0.490 e. The highest BCUT2D eigenvalue weighted by atomic mass is 32.2. The number of hydrogen-bond donors (Lipinski definition) is 1. The molecule has 1 fully saturated rings. The summed E-state index contributed by atoms with van der Waals surface area (Å²) in [7, 11) is 0. The second-order valence-corrected chi connectivity index (χ2v) is 9.51. The summed E-state index contributed by atoms with van der Waals surface area (Å²) in [6.45, 7) is 4.44. The number of rotatable bonds is 10. The first-order valence-electron chi connectivity index (χ1n) is 11.5. The van der Waals surface area contributed by atoms with Crippen LogP contribution in [0.3, 0.4) is 0 Å². The van der Waals surface area contributed by atoms with Crippen LogP contribution in [0, 0.1) is 0 Å². The number of thiocarbonyl (C=S) groups is 1. The zero-order chi connectivity index (χ0) is 25.5. The van der Waals surface area contributed by atoms with Crippen molar-refractivity contribution in [2.45, 2.75) is 26.8 Å². The summed E-state index contributed by atoms with van der Waals surface area (Å²) in [5, 5.41) is 2.89. The first-order valence-corrected chi connectivity index (χ1v) is 12.8. The van der Waals surface area contributed by atoms with Gasteiger partial charge in [0.1, 0.15) is 10.1 Å². The van der Waals surface area contributed by atoms with Crippen molar-refractivity contribution in [3.05, 3.63) is 82.7 Å². The summed E-state index contributed by atoms with van der Waals surface area (Å²) in [5.74, 6) is 1.15. The molecule has 9 heteroatoms. The number of ether oxygens (including phenoxy) is 2. The van der Waals surface area contributed by atoms with Gasteiger partial charge in [0.15, 0.2) is 18.1 Å². The van der Waals surface area contributed by atoms with E-state index in [1.807, 2.05) is 38.1 Å². The monoisotopic (exact) mass is 522 g/mol. The van der Waals surface area contributed by atoms with Crippen molar-refractivity contribution in [1.29, 1.82) is 0 Å². The number of carbonyl (C=O) groups excluding carboxylic acids is 2. The maximum absolute atomic E-state index is 12.9. The van der Waals surface area contributed by atoms with E-state index in [2.05, 4.69) is 5.32 Å². The molecule has 0 aliphatic carbocycles. The summed E-state index contributed by atoms with van der Waals surface area (Å²) in [6.07, 6.45) is 4.15. The fraction of sp³-hybridized carbons (Fsp3) is 0.222. The van der Waals surface area contributed by atoms with Crippen molar-refractivity contribution in [3.63, 3.8) is 0 Å². The van der Waals surface area contributed by atoms with Gasteiger partial charge in [0.05, 0.1) is 24.3 Å². The Morgan fingerprint density at radius 3 is 2.69 bits per heavy atom. The third-order valence-electron chi connectivity index (χ3n) is 5.36. The van der Waals surface area contributed by atoms with E-state index in [9.17, 15) is 9.59 Å². The number of anilines is 1. The predicted octanol–water partition coefficient (Wildman–Crippen LogP) is 5.66. The number of carbonyl (C=O) groups is 2. The van der Waals surface area contributed by atoms with Crippen molar-refractivity contribution < 1.29 is 23.5 Å². The van der Waals surface area contributed by atoms with Gasteiger partial charge in [-0.3, -0.25) is 14.5 Å². The number of amides is 2. The Morgan fingerprint density at radius 2 is 1.94 bits per heavy atom. The van der Waals surface area contributed by atoms with E-state index in [-0.39, 0.29) is 25.0 Å². The number of para-hydroxylation sites is 1. The highest BCUT2D eigenvalue weighted by molar-refractivity contribution is 8.26. The first-order chi connectivity index (χ1) is 17.5. The second-order valence-electron chi connectivity index (χ2n) is 7.83. The van der Waals surface area contributed by atoms with E-state index in [1.54, 1.807) is 42.7 Å². The molecule has 0 spiro atoms. The van der Waals surface area contributed by atoms with Crippen molar-refractivity contribution in [3.8, 4) is 11.5 Å². The average molecular weight is 523 g/mol. The van der Waals surface area contributed by atoms with Gasteiger partial charge < -0.3 is 19.2 Å². The summed E-state index contributed by atoms with van der Waals surface area (Å²) in [4.78, 5) is 27.4. The summed E-state index contributed by atoms with van der Waals surface area (Å²) in [5.41, 5.74) is 2.59. The number of nitrogens with one attached hydrogen (secondary N) is 1. The van der Waals surface area contributed by atoms with Crippen molar-refractivity contribution >= 4 is 51.9 Å². The summed E-state index contributed by atoms with van der Waals surface area (Å²) in [6, 6.07) is 16.6. The molecule has 0 unspecified atom stereocenters. The topological polar surface area (TPSA) is 81.0 Å². The number of aryl methyl sites for hydroxylation is 1. The van der Waals surface area contributed by atoms with E-state index in [0.29, 0.717) is 33.1 Å². The molecular weight excluding hydrogens is 496 g/mol. The van der Waals surface area contributed by atoms with Gasteiger partial charge in [-0.1, -0.05) is 55.2 Å². The maximum Gasteiger partial charge on any atom is 0.266 e. The Kier molecular flexibility index (Phi) is 8.45. The lowest BCUT2D eigenvalue weighted by atomic mass is 10.1. The largest absolute Gasteiger partial charge is 0.490 e. The van der Waals surface area contributed by atoms with Crippen LogP contribution in [-0.2, 0) is 22.6 Å². The number of furan rings is 1. The van der Waals surface area contributed by atoms with Crippen LogP contribution in [0.2, 0.25) is 0 Å². The van der Waals surface area contributed by atoms with Gasteiger partial charge in [-0.2, -0.15) is 0 Å². The fourth-order valence-electron chi connectivity index (χ4n) is 3.63. The third-order valence-corrected chi connectivity index (χ3v) is 6.74. The molecule has 1 aromatic heterocycles. The minimum atomic E-state index is -0.261. The molecule has 0 radical (unpaired) electrons. The van der Waals surface area contributed by atoms with Gasteiger partial charge in [-0.15, -0.1) is 0 Å². The van der Waals surface area contributed by atoms with E-state index < -0.39 is 0 Å². The molecule has 0 atom stereocenters. The van der Waals surface area contributed by atoms with Gasteiger partial charge in [0.2, 0.25) is 0 Å². The lowest BCUT2D eigenvalue weighted by Gasteiger charge is -2.14. The number of nitrogens with zero attached hydrogens (tertiary/aromatic N) is 1. The quantitative estimate of drug-likeness (QED) is 0.272.